The summed E-state index contributed by atoms with van der Waals surface area (Å²) in [5.74, 6) is -0.580. The number of hydrogen-bond donors (Lipinski definition) is 1. The Kier molecular flexibility index (Phi) is 7.60. The van der Waals surface area contributed by atoms with E-state index in [1.54, 1.807) is 31.4 Å². The number of nitrogens with zero attached hydrogens (tertiary/aromatic N) is 1. The Hall–Kier alpha value is -3.84. The summed E-state index contributed by atoms with van der Waals surface area (Å²) >= 11 is 0. The molecular weight excluding hydrogens is 458 g/mol. The summed E-state index contributed by atoms with van der Waals surface area (Å²) in [7, 11) is 3.07. The molecule has 3 aromatic carbocycles. The van der Waals surface area contributed by atoms with Crippen LogP contribution in [0.4, 0.5) is 0 Å². The number of benzene rings is 3. The first-order valence-electron chi connectivity index (χ1n) is 12.0. The number of carbonyl (C=O) groups is 2. The maximum Gasteiger partial charge on any atom is 0.295 e. The Labute approximate surface area is 210 Å². The Balaban J connectivity index is 1.85. The Morgan fingerprint density at radius 2 is 1.69 bits per heavy atom. The predicted molar refractivity (Wildman–Crippen MR) is 138 cm³/mol. The highest BCUT2D eigenvalue weighted by molar-refractivity contribution is 6.46. The number of ketones is 1. The molecule has 1 aliphatic rings. The third-order valence-electron chi connectivity index (χ3n) is 6.30. The third kappa shape index (κ3) is 4.79. The van der Waals surface area contributed by atoms with Crippen LogP contribution < -0.4 is 9.47 Å². The van der Waals surface area contributed by atoms with Crippen LogP contribution in [0, 0.1) is 0 Å². The van der Waals surface area contributed by atoms with Crippen LogP contribution in [0.1, 0.15) is 37.4 Å². The highest BCUT2D eigenvalue weighted by atomic mass is 16.5. The van der Waals surface area contributed by atoms with Crippen LogP contribution >= 0.6 is 0 Å². The molecular formula is C29H31NO6. The molecule has 1 aliphatic heterocycles. The normalized spacial score (nSPS) is 17.2. The first kappa shape index (κ1) is 25.3. The summed E-state index contributed by atoms with van der Waals surface area (Å²) in [5.41, 5.74) is 1.19. The van der Waals surface area contributed by atoms with E-state index in [1.807, 2.05) is 50.2 Å². The second-order valence-corrected chi connectivity index (χ2v) is 8.91. The summed E-state index contributed by atoms with van der Waals surface area (Å²) < 4.78 is 16.5. The Morgan fingerprint density at radius 1 is 0.972 bits per heavy atom. The van der Waals surface area contributed by atoms with Crippen LogP contribution in [0.2, 0.25) is 0 Å². The van der Waals surface area contributed by atoms with Crippen LogP contribution in [0.3, 0.4) is 0 Å². The molecule has 1 amide bonds. The zero-order chi connectivity index (χ0) is 25.8. The van der Waals surface area contributed by atoms with E-state index in [4.69, 9.17) is 14.2 Å². The zero-order valence-electron chi connectivity index (χ0n) is 21.0. The molecule has 1 fully saturated rings. The van der Waals surface area contributed by atoms with E-state index in [-0.39, 0.29) is 17.4 Å². The van der Waals surface area contributed by atoms with Crippen molar-refractivity contribution in [2.24, 2.45) is 0 Å². The van der Waals surface area contributed by atoms with Gasteiger partial charge < -0.3 is 24.2 Å². The molecule has 3 aromatic rings. The number of fused-ring (bicyclic) bond motifs is 1. The number of ether oxygens (including phenoxy) is 3. The van der Waals surface area contributed by atoms with Crippen molar-refractivity contribution in [1.29, 1.82) is 0 Å². The fourth-order valence-corrected chi connectivity index (χ4v) is 4.61. The number of aliphatic hydroxyl groups excluding tert-OH is 1. The van der Waals surface area contributed by atoms with Gasteiger partial charge in [0.2, 0.25) is 0 Å². The lowest BCUT2D eigenvalue weighted by Gasteiger charge is -2.26. The van der Waals surface area contributed by atoms with E-state index in [0.29, 0.717) is 42.2 Å². The molecule has 1 N–H and O–H groups in total. The van der Waals surface area contributed by atoms with Crippen LogP contribution in [0.25, 0.3) is 16.5 Å². The topological polar surface area (TPSA) is 85.3 Å². The maximum atomic E-state index is 13.4. The van der Waals surface area contributed by atoms with Gasteiger partial charge in [-0.25, -0.2) is 0 Å². The molecule has 0 aromatic heterocycles. The number of likely N-dealkylation sites (tertiary alicyclic amines) is 1. The van der Waals surface area contributed by atoms with Gasteiger partial charge in [-0.05, 0) is 48.7 Å². The summed E-state index contributed by atoms with van der Waals surface area (Å²) in [6.07, 6.45) is 0.608. The number of carbonyl (C=O) groups excluding carboxylic acids is 2. The van der Waals surface area contributed by atoms with E-state index in [1.165, 1.54) is 12.0 Å². The van der Waals surface area contributed by atoms with Gasteiger partial charge in [0.05, 0.1) is 31.9 Å². The van der Waals surface area contributed by atoms with Crippen molar-refractivity contribution in [3.05, 3.63) is 77.4 Å². The van der Waals surface area contributed by atoms with Crippen molar-refractivity contribution >= 4 is 28.2 Å². The van der Waals surface area contributed by atoms with Crippen molar-refractivity contribution < 1.29 is 28.9 Å². The highest BCUT2D eigenvalue weighted by Crippen LogP contribution is 2.42. The van der Waals surface area contributed by atoms with Gasteiger partial charge in [0.15, 0.2) is 11.5 Å². The molecule has 1 unspecified atom stereocenters. The molecule has 1 atom stereocenters. The van der Waals surface area contributed by atoms with Gasteiger partial charge in [-0.3, -0.25) is 9.59 Å². The van der Waals surface area contributed by atoms with Gasteiger partial charge in [-0.1, -0.05) is 48.5 Å². The number of methoxy groups -OCH3 is 2. The second-order valence-electron chi connectivity index (χ2n) is 8.91. The highest BCUT2D eigenvalue weighted by Gasteiger charge is 2.46. The number of rotatable bonds is 9. The van der Waals surface area contributed by atoms with Crippen LogP contribution in [0.5, 0.6) is 11.5 Å². The number of hydrogen-bond acceptors (Lipinski definition) is 6. The fraction of sp³-hybridized carbons (Fsp3) is 0.310. The predicted octanol–water partition coefficient (Wildman–Crippen LogP) is 5.09. The standard InChI is InChI=1S/C29H31NO6/c1-18(2)36-16-8-15-30-26(20-13-14-23(34-3)24(17-20)35-4)25(28(32)29(30)33)27(31)22-12-7-10-19-9-5-6-11-21(19)22/h5-7,9-14,17-18,26,31H,8,15-16H2,1-4H3/b27-25+. The van der Waals surface area contributed by atoms with E-state index in [2.05, 4.69) is 0 Å². The summed E-state index contributed by atoms with van der Waals surface area (Å²) in [6, 6.07) is 17.6. The molecule has 36 heavy (non-hydrogen) atoms. The van der Waals surface area contributed by atoms with Gasteiger partial charge >= 0.3 is 0 Å². The van der Waals surface area contributed by atoms with Gasteiger partial charge in [-0.15, -0.1) is 0 Å². The lowest BCUT2D eigenvalue weighted by molar-refractivity contribution is -0.140. The Bertz CT molecular complexity index is 1310. The van der Waals surface area contributed by atoms with E-state index in [9.17, 15) is 14.7 Å². The van der Waals surface area contributed by atoms with Crippen molar-refractivity contribution in [2.45, 2.75) is 32.4 Å². The van der Waals surface area contributed by atoms with Crippen LogP contribution in [-0.4, -0.2) is 55.2 Å². The maximum absolute atomic E-state index is 13.4. The smallest absolute Gasteiger partial charge is 0.295 e. The molecule has 188 valence electrons. The first-order chi connectivity index (χ1) is 17.4. The summed E-state index contributed by atoms with van der Waals surface area (Å²) in [4.78, 5) is 28.1. The summed E-state index contributed by atoms with van der Waals surface area (Å²) in [5, 5.41) is 13.2. The van der Waals surface area contributed by atoms with Crippen molar-refractivity contribution in [2.75, 3.05) is 27.4 Å². The van der Waals surface area contributed by atoms with Gasteiger partial charge in [0, 0.05) is 18.7 Å². The quantitative estimate of drug-likeness (QED) is 0.195. The van der Waals surface area contributed by atoms with Crippen LogP contribution in [0.15, 0.2) is 66.2 Å². The zero-order valence-corrected chi connectivity index (χ0v) is 21.0. The van der Waals surface area contributed by atoms with Crippen molar-refractivity contribution in [1.82, 2.24) is 4.90 Å². The fourth-order valence-electron chi connectivity index (χ4n) is 4.61. The second kappa shape index (κ2) is 10.8. The van der Waals surface area contributed by atoms with Gasteiger partial charge in [0.1, 0.15) is 5.76 Å². The van der Waals surface area contributed by atoms with Crippen molar-refractivity contribution in [3.63, 3.8) is 0 Å². The molecule has 4 rings (SSSR count). The minimum absolute atomic E-state index is 0.0494. The van der Waals surface area contributed by atoms with Crippen LogP contribution in [-0.2, 0) is 14.3 Å². The minimum atomic E-state index is -0.789. The summed E-state index contributed by atoms with van der Waals surface area (Å²) in [6.45, 7) is 4.63. The van der Waals surface area contributed by atoms with Gasteiger partial charge in [-0.2, -0.15) is 0 Å². The number of Topliss-reactive ketones (excluding diaryl/α,β-unsaturated/α-hetero) is 1. The molecule has 7 nitrogen and oxygen atoms in total. The SMILES string of the molecule is COc1ccc(C2/C(=C(\O)c3cccc4ccccc34)C(=O)C(=O)N2CCCOC(C)C)cc1OC. The number of amides is 1. The van der Waals surface area contributed by atoms with Crippen molar-refractivity contribution in [3.8, 4) is 11.5 Å². The molecule has 0 spiro atoms. The third-order valence-corrected chi connectivity index (χ3v) is 6.30. The van der Waals surface area contributed by atoms with E-state index < -0.39 is 17.7 Å². The average molecular weight is 490 g/mol. The monoisotopic (exact) mass is 489 g/mol. The molecule has 0 saturated carbocycles. The molecule has 0 aliphatic carbocycles. The average Bonchev–Trinajstić information content (AvgIpc) is 3.14. The lowest BCUT2D eigenvalue weighted by Crippen LogP contribution is -2.31. The molecule has 1 heterocycles. The first-order valence-corrected chi connectivity index (χ1v) is 12.0. The molecule has 0 bridgehead atoms. The van der Waals surface area contributed by atoms with E-state index >= 15 is 0 Å². The van der Waals surface area contributed by atoms with Gasteiger partial charge in [0.25, 0.3) is 11.7 Å². The minimum Gasteiger partial charge on any atom is -0.507 e. The molecule has 1 saturated heterocycles. The largest absolute Gasteiger partial charge is 0.507 e. The van der Waals surface area contributed by atoms with E-state index in [0.717, 1.165) is 10.8 Å². The Morgan fingerprint density at radius 3 is 2.42 bits per heavy atom. The lowest BCUT2D eigenvalue weighted by atomic mass is 9.93. The molecule has 7 heteroatoms. The molecule has 0 radical (unpaired) electrons. The number of aliphatic hydroxyl groups is 1.